The summed E-state index contributed by atoms with van der Waals surface area (Å²) in [6, 6.07) is 6.89. The fourth-order valence-corrected chi connectivity index (χ4v) is 4.08. The minimum Gasteiger partial charge on any atom is -0.381 e. The van der Waals surface area contributed by atoms with Crippen LogP contribution in [0.1, 0.15) is 32.1 Å². The Morgan fingerprint density at radius 3 is 2.86 bits per heavy atom. The van der Waals surface area contributed by atoms with E-state index < -0.39 is 0 Å². The fourth-order valence-electron chi connectivity index (χ4n) is 3.43. The molecular weight excluding hydrogens is 399 g/mol. The van der Waals surface area contributed by atoms with E-state index in [4.69, 9.17) is 21.3 Å². The van der Waals surface area contributed by atoms with Crippen LogP contribution in [-0.2, 0) is 11.2 Å². The molecule has 3 nitrogen and oxygen atoms in total. The summed E-state index contributed by atoms with van der Waals surface area (Å²) in [6.45, 7) is 4.55. The number of nitrogens with zero attached hydrogens (tertiary/aromatic N) is 2. The molecule has 1 saturated carbocycles. The quantitative estimate of drug-likeness (QED) is 0.543. The zero-order valence-corrected chi connectivity index (χ0v) is 15.5. The maximum atomic E-state index is 5.98. The van der Waals surface area contributed by atoms with Crippen LogP contribution in [0.3, 0.4) is 0 Å². The van der Waals surface area contributed by atoms with Crippen molar-refractivity contribution in [3.63, 3.8) is 0 Å². The van der Waals surface area contributed by atoms with E-state index in [-0.39, 0.29) is 5.41 Å². The maximum absolute atomic E-state index is 5.98. The molecule has 0 saturated heterocycles. The van der Waals surface area contributed by atoms with Crippen LogP contribution in [0.2, 0.25) is 0 Å². The Morgan fingerprint density at radius 2 is 2.24 bits per heavy atom. The average molecular weight is 419 g/mol. The SMILES string of the molecule is COC1CC(n2c(CCCl)nc3cc(I)ccc32)C1(C)C. The Labute approximate surface area is 144 Å². The second-order valence-corrected chi connectivity index (χ2v) is 7.89. The number of hydrogen-bond donors (Lipinski definition) is 0. The maximum Gasteiger partial charge on any atom is 0.111 e. The van der Waals surface area contributed by atoms with Crippen molar-refractivity contribution in [2.24, 2.45) is 5.41 Å². The zero-order chi connectivity index (χ0) is 15.2. The van der Waals surface area contributed by atoms with Crippen molar-refractivity contribution in [1.82, 2.24) is 9.55 Å². The Bertz CT molecular complexity index is 668. The standard InChI is InChI=1S/C16H20ClIN2O/c1-16(2)13(9-14(16)21-3)20-12-5-4-10(18)8-11(12)19-15(20)6-7-17/h4-5,8,13-14H,6-7,9H2,1-3H3. The third-order valence-electron chi connectivity index (χ3n) is 4.76. The van der Waals surface area contributed by atoms with Gasteiger partial charge in [-0.3, -0.25) is 0 Å². The Balaban J connectivity index is 2.10. The summed E-state index contributed by atoms with van der Waals surface area (Å²) in [5, 5.41) is 0. The van der Waals surface area contributed by atoms with Crippen LogP contribution < -0.4 is 0 Å². The topological polar surface area (TPSA) is 27.1 Å². The van der Waals surface area contributed by atoms with Crippen molar-refractivity contribution < 1.29 is 4.74 Å². The number of methoxy groups -OCH3 is 1. The van der Waals surface area contributed by atoms with Crippen molar-refractivity contribution in [1.29, 1.82) is 0 Å². The van der Waals surface area contributed by atoms with Gasteiger partial charge in [-0.2, -0.15) is 0 Å². The van der Waals surface area contributed by atoms with E-state index >= 15 is 0 Å². The molecule has 21 heavy (non-hydrogen) atoms. The van der Waals surface area contributed by atoms with Crippen LogP contribution in [0, 0.1) is 8.99 Å². The zero-order valence-electron chi connectivity index (χ0n) is 12.6. The normalized spacial score (nSPS) is 24.2. The van der Waals surface area contributed by atoms with E-state index in [1.54, 1.807) is 7.11 Å². The summed E-state index contributed by atoms with van der Waals surface area (Å²) in [6.07, 6.45) is 2.15. The van der Waals surface area contributed by atoms with Crippen molar-refractivity contribution in [2.75, 3.05) is 13.0 Å². The van der Waals surface area contributed by atoms with Crippen LogP contribution in [0.5, 0.6) is 0 Å². The van der Waals surface area contributed by atoms with Crippen LogP contribution in [0.25, 0.3) is 11.0 Å². The number of benzene rings is 1. The van der Waals surface area contributed by atoms with Gasteiger partial charge in [-0.1, -0.05) is 13.8 Å². The van der Waals surface area contributed by atoms with Crippen molar-refractivity contribution in [2.45, 2.75) is 38.8 Å². The number of alkyl halides is 1. The first-order chi connectivity index (χ1) is 9.98. The predicted octanol–water partition coefficient (Wildman–Crippen LogP) is 4.41. The molecule has 0 aliphatic heterocycles. The minimum absolute atomic E-state index is 0.117. The Morgan fingerprint density at radius 1 is 1.48 bits per heavy atom. The highest BCUT2D eigenvalue weighted by Crippen LogP contribution is 2.52. The predicted molar refractivity (Wildman–Crippen MR) is 95.1 cm³/mol. The number of hydrogen-bond acceptors (Lipinski definition) is 2. The fraction of sp³-hybridized carbons (Fsp3) is 0.562. The number of imidazole rings is 1. The number of aromatic nitrogens is 2. The first-order valence-electron chi connectivity index (χ1n) is 7.24. The lowest BCUT2D eigenvalue weighted by Gasteiger charge is -2.52. The molecule has 1 fully saturated rings. The van der Waals surface area contributed by atoms with Gasteiger partial charge in [0, 0.05) is 34.4 Å². The van der Waals surface area contributed by atoms with Gasteiger partial charge in [-0.15, -0.1) is 11.6 Å². The molecule has 5 heteroatoms. The smallest absolute Gasteiger partial charge is 0.111 e. The summed E-state index contributed by atoms with van der Waals surface area (Å²) in [4.78, 5) is 4.82. The summed E-state index contributed by atoms with van der Waals surface area (Å²) < 4.78 is 9.20. The molecule has 0 amide bonds. The summed E-state index contributed by atoms with van der Waals surface area (Å²) in [7, 11) is 1.80. The first kappa shape index (κ1) is 15.6. The summed E-state index contributed by atoms with van der Waals surface area (Å²) >= 11 is 8.31. The molecule has 0 bridgehead atoms. The van der Waals surface area contributed by atoms with Gasteiger partial charge in [-0.05, 0) is 47.2 Å². The van der Waals surface area contributed by atoms with Gasteiger partial charge < -0.3 is 9.30 Å². The van der Waals surface area contributed by atoms with Gasteiger partial charge in [0.2, 0.25) is 0 Å². The van der Waals surface area contributed by atoms with Crippen molar-refractivity contribution in [3.05, 3.63) is 27.6 Å². The lowest BCUT2D eigenvalue weighted by atomic mass is 9.64. The highest BCUT2D eigenvalue weighted by atomic mass is 127. The molecule has 2 atom stereocenters. The van der Waals surface area contributed by atoms with E-state index in [1.807, 2.05) is 0 Å². The molecule has 1 aromatic carbocycles. The summed E-state index contributed by atoms with van der Waals surface area (Å²) in [5.74, 6) is 1.69. The molecule has 114 valence electrons. The van der Waals surface area contributed by atoms with E-state index in [1.165, 1.54) is 9.09 Å². The van der Waals surface area contributed by atoms with E-state index in [0.717, 1.165) is 24.2 Å². The Hall–Kier alpha value is -0.330. The largest absolute Gasteiger partial charge is 0.381 e. The monoisotopic (exact) mass is 418 g/mol. The van der Waals surface area contributed by atoms with E-state index in [0.29, 0.717) is 18.0 Å². The Kier molecular flexibility index (Phi) is 4.23. The second kappa shape index (κ2) is 5.70. The number of ether oxygens (including phenoxy) is 1. The first-order valence-corrected chi connectivity index (χ1v) is 8.85. The van der Waals surface area contributed by atoms with Crippen molar-refractivity contribution >= 4 is 45.2 Å². The van der Waals surface area contributed by atoms with Gasteiger partial charge in [0.05, 0.1) is 17.1 Å². The summed E-state index contributed by atoms with van der Waals surface area (Å²) in [5.41, 5.74) is 2.40. The lowest BCUT2D eigenvalue weighted by molar-refractivity contribution is -0.112. The van der Waals surface area contributed by atoms with Crippen LogP contribution in [0.15, 0.2) is 18.2 Å². The molecule has 2 unspecified atom stereocenters. The molecule has 0 spiro atoms. The molecule has 0 radical (unpaired) electrons. The molecule has 1 heterocycles. The molecule has 1 aliphatic carbocycles. The molecule has 1 aliphatic rings. The highest BCUT2D eigenvalue weighted by Gasteiger charge is 2.50. The van der Waals surface area contributed by atoms with Crippen LogP contribution >= 0.6 is 34.2 Å². The molecule has 2 aromatic rings. The number of rotatable bonds is 4. The lowest BCUT2D eigenvalue weighted by Crippen LogP contribution is -2.51. The molecule has 0 N–H and O–H groups in total. The average Bonchev–Trinajstić information content (AvgIpc) is 2.76. The number of halogens is 2. The second-order valence-electron chi connectivity index (χ2n) is 6.27. The van der Waals surface area contributed by atoms with Gasteiger partial charge in [0.15, 0.2) is 0 Å². The third kappa shape index (κ3) is 2.49. The molecular formula is C16H20ClIN2O. The highest BCUT2D eigenvalue weighted by molar-refractivity contribution is 14.1. The number of fused-ring (bicyclic) bond motifs is 1. The van der Waals surface area contributed by atoms with Gasteiger partial charge in [-0.25, -0.2) is 4.98 Å². The molecule has 3 rings (SSSR count). The van der Waals surface area contributed by atoms with Gasteiger partial charge >= 0.3 is 0 Å². The third-order valence-corrected chi connectivity index (χ3v) is 5.62. The molecule has 1 aromatic heterocycles. The minimum atomic E-state index is 0.117. The van der Waals surface area contributed by atoms with E-state index in [2.05, 4.69) is 59.2 Å². The van der Waals surface area contributed by atoms with Crippen LogP contribution in [0.4, 0.5) is 0 Å². The number of aryl methyl sites for hydroxylation is 1. The van der Waals surface area contributed by atoms with E-state index in [9.17, 15) is 0 Å². The van der Waals surface area contributed by atoms with Gasteiger partial charge in [0.1, 0.15) is 5.82 Å². The van der Waals surface area contributed by atoms with Gasteiger partial charge in [0.25, 0.3) is 0 Å². The van der Waals surface area contributed by atoms with Crippen LogP contribution in [-0.4, -0.2) is 28.6 Å². The van der Waals surface area contributed by atoms with Crippen molar-refractivity contribution in [3.8, 4) is 0 Å².